The SMILES string of the molecule is C[C@@H](O)CN(Cc1cccc(F)c1)Cc1ccco1. The molecule has 0 fully saturated rings. The van der Waals surface area contributed by atoms with Crippen LogP contribution in [0.25, 0.3) is 0 Å². The van der Waals surface area contributed by atoms with Crippen LogP contribution in [0.4, 0.5) is 4.39 Å². The number of hydrogen-bond acceptors (Lipinski definition) is 3. The third-order valence-corrected chi connectivity index (χ3v) is 2.78. The molecule has 1 aromatic heterocycles. The first-order valence-corrected chi connectivity index (χ1v) is 6.31. The van der Waals surface area contributed by atoms with Gasteiger partial charge >= 0.3 is 0 Å². The molecule has 0 spiro atoms. The van der Waals surface area contributed by atoms with Crippen molar-refractivity contribution in [2.75, 3.05) is 6.54 Å². The highest BCUT2D eigenvalue weighted by Gasteiger charge is 2.11. The lowest BCUT2D eigenvalue weighted by atomic mass is 10.2. The summed E-state index contributed by atoms with van der Waals surface area (Å²) in [6.45, 7) is 3.41. The maximum absolute atomic E-state index is 13.2. The van der Waals surface area contributed by atoms with Gasteiger partial charge in [0, 0.05) is 13.1 Å². The Labute approximate surface area is 112 Å². The molecule has 0 amide bonds. The normalized spacial score (nSPS) is 12.8. The van der Waals surface area contributed by atoms with E-state index in [-0.39, 0.29) is 5.82 Å². The Morgan fingerprint density at radius 1 is 1.26 bits per heavy atom. The lowest BCUT2D eigenvalue weighted by Gasteiger charge is -2.22. The minimum absolute atomic E-state index is 0.243. The summed E-state index contributed by atoms with van der Waals surface area (Å²) in [4.78, 5) is 2.03. The molecule has 4 heteroatoms. The zero-order valence-corrected chi connectivity index (χ0v) is 10.9. The Hall–Kier alpha value is -1.65. The second-order valence-corrected chi connectivity index (χ2v) is 4.73. The summed E-state index contributed by atoms with van der Waals surface area (Å²) >= 11 is 0. The molecule has 0 unspecified atom stereocenters. The molecule has 1 N–H and O–H groups in total. The molecule has 1 aromatic carbocycles. The predicted molar refractivity (Wildman–Crippen MR) is 70.9 cm³/mol. The highest BCUT2D eigenvalue weighted by molar-refractivity contribution is 5.16. The van der Waals surface area contributed by atoms with Gasteiger partial charge in [-0.2, -0.15) is 0 Å². The molecule has 0 bridgehead atoms. The molecule has 1 heterocycles. The van der Waals surface area contributed by atoms with E-state index in [1.165, 1.54) is 12.1 Å². The van der Waals surface area contributed by atoms with Crippen LogP contribution in [0, 0.1) is 5.82 Å². The summed E-state index contributed by atoms with van der Waals surface area (Å²) in [6.07, 6.45) is 1.18. The Kier molecular flexibility index (Phi) is 4.71. The number of nitrogens with zero attached hydrogens (tertiary/aromatic N) is 1. The van der Waals surface area contributed by atoms with Gasteiger partial charge in [-0.1, -0.05) is 12.1 Å². The first kappa shape index (κ1) is 13.8. The van der Waals surface area contributed by atoms with E-state index >= 15 is 0 Å². The van der Waals surface area contributed by atoms with Crippen molar-refractivity contribution in [2.45, 2.75) is 26.1 Å². The van der Waals surface area contributed by atoms with E-state index in [4.69, 9.17) is 4.42 Å². The first-order chi connectivity index (χ1) is 9.13. The number of rotatable bonds is 6. The molecule has 19 heavy (non-hydrogen) atoms. The van der Waals surface area contributed by atoms with E-state index in [1.54, 1.807) is 19.3 Å². The number of aliphatic hydroxyl groups is 1. The van der Waals surface area contributed by atoms with E-state index in [0.717, 1.165) is 11.3 Å². The average molecular weight is 263 g/mol. The zero-order valence-electron chi connectivity index (χ0n) is 10.9. The van der Waals surface area contributed by atoms with Crippen molar-refractivity contribution in [3.05, 3.63) is 59.8 Å². The van der Waals surface area contributed by atoms with Gasteiger partial charge in [-0.15, -0.1) is 0 Å². The lowest BCUT2D eigenvalue weighted by Crippen LogP contribution is -2.30. The minimum Gasteiger partial charge on any atom is -0.468 e. The average Bonchev–Trinajstić information content (AvgIpc) is 2.80. The number of halogens is 1. The number of benzene rings is 1. The van der Waals surface area contributed by atoms with Gasteiger partial charge in [-0.25, -0.2) is 4.39 Å². The number of hydrogen-bond donors (Lipinski definition) is 1. The van der Waals surface area contributed by atoms with Crippen molar-refractivity contribution in [1.82, 2.24) is 4.90 Å². The highest BCUT2D eigenvalue weighted by Crippen LogP contribution is 2.12. The maximum atomic E-state index is 13.2. The summed E-state index contributed by atoms with van der Waals surface area (Å²) < 4.78 is 18.5. The lowest BCUT2D eigenvalue weighted by molar-refractivity contribution is 0.113. The third-order valence-electron chi connectivity index (χ3n) is 2.78. The molecular formula is C15H18FNO2. The van der Waals surface area contributed by atoms with Gasteiger partial charge < -0.3 is 9.52 Å². The van der Waals surface area contributed by atoms with Gasteiger partial charge in [0.05, 0.1) is 18.9 Å². The van der Waals surface area contributed by atoms with Crippen LogP contribution in [0.2, 0.25) is 0 Å². The second-order valence-electron chi connectivity index (χ2n) is 4.73. The van der Waals surface area contributed by atoms with Gasteiger partial charge in [0.15, 0.2) is 0 Å². The Balaban J connectivity index is 2.05. The van der Waals surface area contributed by atoms with Crippen LogP contribution in [0.15, 0.2) is 47.1 Å². The van der Waals surface area contributed by atoms with Crippen LogP contribution in [0.3, 0.4) is 0 Å². The van der Waals surface area contributed by atoms with Crippen molar-refractivity contribution in [2.24, 2.45) is 0 Å². The fourth-order valence-corrected chi connectivity index (χ4v) is 2.08. The fraction of sp³-hybridized carbons (Fsp3) is 0.333. The zero-order chi connectivity index (χ0) is 13.7. The molecule has 102 valence electrons. The van der Waals surface area contributed by atoms with Crippen LogP contribution in [-0.4, -0.2) is 22.7 Å². The maximum Gasteiger partial charge on any atom is 0.123 e. The summed E-state index contributed by atoms with van der Waals surface area (Å²) in [5.41, 5.74) is 0.882. The summed E-state index contributed by atoms with van der Waals surface area (Å²) in [5, 5.41) is 9.54. The van der Waals surface area contributed by atoms with Crippen molar-refractivity contribution >= 4 is 0 Å². The topological polar surface area (TPSA) is 36.6 Å². The van der Waals surface area contributed by atoms with Crippen molar-refractivity contribution < 1.29 is 13.9 Å². The fourth-order valence-electron chi connectivity index (χ4n) is 2.08. The van der Waals surface area contributed by atoms with Crippen molar-refractivity contribution in [3.63, 3.8) is 0 Å². The highest BCUT2D eigenvalue weighted by atomic mass is 19.1. The van der Waals surface area contributed by atoms with Crippen LogP contribution in [0.1, 0.15) is 18.2 Å². The van der Waals surface area contributed by atoms with E-state index in [2.05, 4.69) is 0 Å². The Morgan fingerprint density at radius 3 is 2.74 bits per heavy atom. The van der Waals surface area contributed by atoms with Crippen molar-refractivity contribution in [3.8, 4) is 0 Å². The van der Waals surface area contributed by atoms with Crippen LogP contribution in [-0.2, 0) is 13.1 Å². The van der Waals surface area contributed by atoms with E-state index < -0.39 is 6.10 Å². The van der Waals surface area contributed by atoms with Crippen LogP contribution >= 0.6 is 0 Å². The van der Waals surface area contributed by atoms with Crippen LogP contribution < -0.4 is 0 Å². The molecular weight excluding hydrogens is 245 g/mol. The third kappa shape index (κ3) is 4.50. The standard InChI is InChI=1S/C15H18FNO2/c1-12(18)9-17(11-15-6-3-7-19-15)10-13-4-2-5-14(16)8-13/h2-8,12,18H,9-11H2,1H3/t12-/m1/s1. The van der Waals surface area contributed by atoms with Crippen molar-refractivity contribution in [1.29, 1.82) is 0 Å². The Morgan fingerprint density at radius 2 is 2.11 bits per heavy atom. The summed E-state index contributed by atoms with van der Waals surface area (Å²) in [7, 11) is 0. The molecule has 0 radical (unpaired) electrons. The monoisotopic (exact) mass is 263 g/mol. The van der Waals surface area contributed by atoms with Gasteiger partial charge in [-0.05, 0) is 36.8 Å². The minimum atomic E-state index is -0.441. The van der Waals surface area contributed by atoms with E-state index in [0.29, 0.717) is 19.6 Å². The molecule has 3 nitrogen and oxygen atoms in total. The molecule has 0 saturated heterocycles. The van der Waals surface area contributed by atoms with Gasteiger partial charge in [-0.3, -0.25) is 4.90 Å². The molecule has 1 atom stereocenters. The summed E-state index contributed by atoms with van der Waals surface area (Å²) in [5.74, 6) is 0.588. The van der Waals surface area contributed by atoms with E-state index in [1.807, 2.05) is 23.1 Å². The smallest absolute Gasteiger partial charge is 0.123 e. The first-order valence-electron chi connectivity index (χ1n) is 6.31. The number of aliphatic hydroxyl groups excluding tert-OH is 1. The van der Waals surface area contributed by atoms with Gasteiger partial charge in [0.25, 0.3) is 0 Å². The van der Waals surface area contributed by atoms with E-state index in [9.17, 15) is 9.50 Å². The van der Waals surface area contributed by atoms with Crippen LogP contribution in [0.5, 0.6) is 0 Å². The predicted octanol–water partition coefficient (Wildman–Crippen LogP) is 2.80. The molecule has 0 aliphatic rings. The second kappa shape index (κ2) is 6.50. The van der Waals surface area contributed by atoms with Gasteiger partial charge in [0.1, 0.15) is 11.6 Å². The van der Waals surface area contributed by atoms with Gasteiger partial charge in [0.2, 0.25) is 0 Å². The number of furan rings is 1. The molecule has 0 aliphatic carbocycles. The molecule has 0 aliphatic heterocycles. The largest absolute Gasteiger partial charge is 0.468 e. The molecule has 2 rings (SSSR count). The molecule has 0 saturated carbocycles. The Bertz CT molecular complexity index is 497. The summed E-state index contributed by atoms with van der Waals surface area (Å²) in [6, 6.07) is 10.2. The quantitative estimate of drug-likeness (QED) is 0.870. The molecule has 2 aromatic rings.